The van der Waals surface area contributed by atoms with Crippen LogP contribution >= 0.6 is 0 Å². The lowest BCUT2D eigenvalue weighted by Gasteiger charge is -2.03. The average molecular weight is 244 g/mol. The van der Waals surface area contributed by atoms with Gasteiger partial charge in [0.2, 0.25) is 5.95 Å². The molecule has 2 aromatic rings. The quantitative estimate of drug-likeness (QED) is 0.848. The van der Waals surface area contributed by atoms with Crippen LogP contribution in [0.3, 0.4) is 0 Å². The van der Waals surface area contributed by atoms with Crippen molar-refractivity contribution in [3.63, 3.8) is 0 Å². The Labute approximate surface area is 106 Å². The number of rotatable bonds is 5. The Morgan fingerprint density at radius 2 is 2.33 bits per heavy atom. The molecule has 0 saturated heterocycles. The summed E-state index contributed by atoms with van der Waals surface area (Å²) in [6.45, 7) is 0. The molecule has 1 aromatic carbocycles. The molecule has 0 bridgehead atoms. The third-order valence-corrected chi connectivity index (χ3v) is 3.04. The van der Waals surface area contributed by atoms with E-state index in [1.165, 1.54) is 12.8 Å². The Hall–Kier alpha value is -2.04. The summed E-state index contributed by atoms with van der Waals surface area (Å²) < 4.78 is 5.17. The third-order valence-electron chi connectivity index (χ3n) is 3.04. The molecule has 0 aliphatic heterocycles. The Bertz CT molecular complexity index is 533. The second kappa shape index (κ2) is 4.68. The molecule has 94 valence electrons. The van der Waals surface area contributed by atoms with Gasteiger partial charge in [0, 0.05) is 18.2 Å². The average Bonchev–Trinajstić information content (AvgIpc) is 3.09. The first-order valence-corrected chi connectivity index (χ1v) is 6.16. The van der Waals surface area contributed by atoms with Crippen LogP contribution in [0.5, 0.6) is 5.75 Å². The summed E-state index contributed by atoms with van der Waals surface area (Å²) in [5, 5.41) is 10.3. The van der Waals surface area contributed by atoms with E-state index < -0.39 is 0 Å². The van der Waals surface area contributed by atoms with Crippen molar-refractivity contribution < 1.29 is 4.74 Å². The zero-order valence-corrected chi connectivity index (χ0v) is 10.3. The fourth-order valence-electron chi connectivity index (χ4n) is 1.87. The van der Waals surface area contributed by atoms with Gasteiger partial charge >= 0.3 is 0 Å². The number of nitrogens with one attached hydrogen (secondary N) is 2. The van der Waals surface area contributed by atoms with Crippen LogP contribution in [0.25, 0.3) is 0 Å². The van der Waals surface area contributed by atoms with Crippen LogP contribution in [0.4, 0.5) is 11.6 Å². The van der Waals surface area contributed by atoms with Gasteiger partial charge in [-0.15, -0.1) is 5.10 Å². The van der Waals surface area contributed by atoms with Crippen molar-refractivity contribution in [2.24, 2.45) is 5.92 Å². The van der Waals surface area contributed by atoms with Crippen molar-refractivity contribution in [2.75, 3.05) is 12.4 Å². The van der Waals surface area contributed by atoms with E-state index in [4.69, 9.17) is 4.74 Å². The highest BCUT2D eigenvalue weighted by molar-refractivity contribution is 5.55. The smallest absolute Gasteiger partial charge is 0.246 e. The number of ether oxygens (including phenoxy) is 1. The molecule has 3 rings (SSSR count). The number of aromatic amines is 1. The largest absolute Gasteiger partial charge is 0.497 e. The minimum Gasteiger partial charge on any atom is -0.497 e. The van der Waals surface area contributed by atoms with Crippen molar-refractivity contribution in [3.8, 4) is 5.75 Å². The summed E-state index contributed by atoms with van der Waals surface area (Å²) in [4.78, 5) is 4.42. The van der Waals surface area contributed by atoms with E-state index in [1.807, 2.05) is 24.3 Å². The third kappa shape index (κ3) is 2.61. The van der Waals surface area contributed by atoms with E-state index in [-0.39, 0.29) is 0 Å². The Morgan fingerprint density at radius 3 is 3.11 bits per heavy atom. The summed E-state index contributed by atoms with van der Waals surface area (Å²) in [5.41, 5.74) is 0.923. The summed E-state index contributed by atoms with van der Waals surface area (Å²) in [7, 11) is 1.65. The van der Waals surface area contributed by atoms with E-state index in [0.29, 0.717) is 5.95 Å². The number of hydrogen-bond acceptors (Lipinski definition) is 4. The molecular formula is C13H16N4O. The predicted molar refractivity (Wildman–Crippen MR) is 69.1 cm³/mol. The molecule has 5 nitrogen and oxygen atoms in total. The Balaban J connectivity index is 1.68. The maximum absolute atomic E-state index is 5.17. The molecule has 0 atom stereocenters. The molecule has 5 heteroatoms. The molecule has 0 spiro atoms. The van der Waals surface area contributed by atoms with Gasteiger partial charge < -0.3 is 10.1 Å². The van der Waals surface area contributed by atoms with Gasteiger partial charge in [-0.2, -0.15) is 4.98 Å². The fourth-order valence-corrected chi connectivity index (χ4v) is 1.87. The first-order valence-electron chi connectivity index (χ1n) is 6.16. The van der Waals surface area contributed by atoms with Crippen molar-refractivity contribution in [1.29, 1.82) is 0 Å². The molecule has 2 N–H and O–H groups in total. The normalized spacial score (nSPS) is 14.5. The lowest BCUT2D eigenvalue weighted by Crippen LogP contribution is -1.94. The second-order valence-electron chi connectivity index (χ2n) is 4.61. The second-order valence-corrected chi connectivity index (χ2v) is 4.61. The predicted octanol–water partition coefficient (Wildman–Crippen LogP) is 2.51. The number of methoxy groups -OCH3 is 1. The number of H-pyrrole nitrogens is 1. The van der Waals surface area contributed by atoms with Gasteiger partial charge in [-0.25, -0.2) is 0 Å². The lowest BCUT2D eigenvalue weighted by atomic mass is 10.3. The minimum absolute atomic E-state index is 0.610. The molecule has 18 heavy (non-hydrogen) atoms. The van der Waals surface area contributed by atoms with E-state index >= 15 is 0 Å². The zero-order valence-electron chi connectivity index (χ0n) is 10.3. The van der Waals surface area contributed by atoms with E-state index in [2.05, 4.69) is 20.5 Å². The van der Waals surface area contributed by atoms with Crippen LogP contribution in [-0.2, 0) is 6.42 Å². The van der Waals surface area contributed by atoms with Gasteiger partial charge in [0.1, 0.15) is 11.6 Å². The van der Waals surface area contributed by atoms with E-state index in [1.54, 1.807) is 7.11 Å². The van der Waals surface area contributed by atoms with Crippen LogP contribution in [-0.4, -0.2) is 22.3 Å². The Morgan fingerprint density at radius 1 is 1.44 bits per heavy atom. The Kier molecular flexibility index (Phi) is 2.88. The number of anilines is 2. The summed E-state index contributed by atoms with van der Waals surface area (Å²) >= 11 is 0. The van der Waals surface area contributed by atoms with Gasteiger partial charge in [0.05, 0.1) is 7.11 Å². The first kappa shape index (κ1) is 11.1. The van der Waals surface area contributed by atoms with E-state index in [9.17, 15) is 0 Å². The molecule has 1 heterocycles. The number of benzene rings is 1. The van der Waals surface area contributed by atoms with Gasteiger partial charge in [-0.05, 0) is 30.9 Å². The highest BCUT2D eigenvalue weighted by Crippen LogP contribution is 2.31. The fraction of sp³-hybridized carbons (Fsp3) is 0.385. The van der Waals surface area contributed by atoms with Crippen molar-refractivity contribution in [2.45, 2.75) is 19.3 Å². The minimum atomic E-state index is 0.610. The molecule has 1 aliphatic carbocycles. The van der Waals surface area contributed by atoms with Crippen molar-refractivity contribution in [3.05, 3.63) is 30.1 Å². The number of hydrogen-bond donors (Lipinski definition) is 2. The lowest BCUT2D eigenvalue weighted by molar-refractivity contribution is 0.415. The molecule has 0 amide bonds. The van der Waals surface area contributed by atoms with Crippen LogP contribution in [0.2, 0.25) is 0 Å². The van der Waals surface area contributed by atoms with Crippen molar-refractivity contribution in [1.82, 2.24) is 15.2 Å². The summed E-state index contributed by atoms with van der Waals surface area (Å²) in [6.07, 6.45) is 3.64. The van der Waals surface area contributed by atoms with E-state index in [0.717, 1.165) is 29.6 Å². The van der Waals surface area contributed by atoms with Gasteiger partial charge in [0.15, 0.2) is 0 Å². The summed E-state index contributed by atoms with van der Waals surface area (Å²) in [5.74, 6) is 3.19. The van der Waals surface area contributed by atoms with Crippen LogP contribution in [0, 0.1) is 5.92 Å². The highest BCUT2D eigenvalue weighted by atomic mass is 16.5. The summed E-state index contributed by atoms with van der Waals surface area (Å²) in [6, 6.07) is 7.71. The van der Waals surface area contributed by atoms with Gasteiger partial charge in [0.25, 0.3) is 0 Å². The molecular weight excluding hydrogens is 228 g/mol. The van der Waals surface area contributed by atoms with Crippen molar-refractivity contribution >= 4 is 11.6 Å². The molecule has 1 saturated carbocycles. The zero-order chi connectivity index (χ0) is 12.4. The molecule has 1 fully saturated rings. The van der Waals surface area contributed by atoms with Gasteiger partial charge in [-0.1, -0.05) is 6.07 Å². The maximum Gasteiger partial charge on any atom is 0.246 e. The molecule has 1 aliphatic rings. The molecule has 1 aromatic heterocycles. The number of nitrogens with zero attached hydrogens (tertiary/aromatic N) is 2. The van der Waals surface area contributed by atoms with Crippen LogP contribution < -0.4 is 10.1 Å². The van der Waals surface area contributed by atoms with Crippen LogP contribution in [0.15, 0.2) is 24.3 Å². The number of aromatic nitrogens is 3. The first-order chi connectivity index (χ1) is 8.83. The maximum atomic E-state index is 5.17. The van der Waals surface area contributed by atoms with Crippen LogP contribution in [0.1, 0.15) is 18.7 Å². The highest BCUT2D eigenvalue weighted by Gasteiger charge is 2.23. The molecule has 0 radical (unpaired) electrons. The standard InChI is InChI=1S/C13H16N4O/c1-18-11-4-2-3-10(8-11)14-13-15-12(16-17-13)7-9-5-6-9/h2-4,8-9H,5-7H2,1H3,(H2,14,15,16,17). The molecule has 0 unspecified atom stereocenters. The SMILES string of the molecule is COc1cccc(Nc2n[nH]c(CC3CC3)n2)c1. The topological polar surface area (TPSA) is 62.8 Å². The van der Waals surface area contributed by atoms with Gasteiger partial charge in [-0.3, -0.25) is 5.10 Å². The monoisotopic (exact) mass is 244 g/mol.